The summed E-state index contributed by atoms with van der Waals surface area (Å²) >= 11 is 0. The molecule has 0 aromatic rings. The third kappa shape index (κ3) is 2.10. The van der Waals surface area contributed by atoms with E-state index in [1.165, 1.54) is 19.3 Å². The molecule has 1 N–H and O–H groups in total. The van der Waals surface area contributed by atoms with Crippen molar-refractivity contribution < 1.29 is 9.84 Å². The molecule has 2 saturated heterocycles. The van der Waals surface area contributed by atoms with Crippen molar-refractivity contribution >= 4 is 0 Å². The molecule has 0 amide bonds. The van der Waals surface area contributed by atoms with Crippen LogP contribution < -0.4 is 0 Å². The van der Waals surface area contributed by atoms with Crippen molar-refractivity contribution in [2.75, 3.05) is 26.3 Å². The molecular formula is C11H21NO2. The fourth-order valence-electron chi connectivity index (χ4n) is 2.55. The zero-order valence-electron chi connectivity index (χ0n) is 9.04. The van der Waals surface area contributed by atoms with Crippen LogP contribution in [-0.4, -0.2) is 48.0 Å². The zero-order valence-corrected chi connectivity index (χ0v) is 9.04. The molecule has 0 aromatic carbocycles. The highest BCUT2D eigenvalue weighted by molar-refractivity contribution is 4.92. The van der Waals surface area contributed by atoms with Crippen LogP contribution in [0.5, 0.6) is 0 Å². The molecule has 3 nitrogen and oxygen atoms in total. The Morgan fingerprint density at radius 3 is 2.64 bits per heavy atom. The Morgan fingerprint density at radius 2 is 2.00 bits per heavy atom. The lowest BCUT2D eigenvalue weighted by Crippen LogP contribution is -2.57. The number of hydrogen-bond donors (Lipinski definition) is 1. The van der Waals surface area contributed by atoms with E-state index in [9.17, 15) is 5.11 Å². The topological polar surface area (TPSA) is 32.7 Å². The lowest BCUT2D eigenvalue weighted by atomic mass is 9.89. The first-order valence-electron chi connectivity index (χ1n) is 5.74. The van der Waals surface area contributed by atoms with Crippen LogP contribution in [0.3, 0.4) is 0 Å². The Labute approximate surface area is 86.0 Å². The third-order valence-corrected chi connectivity index (χ3v) is 3.58. The zero-order chi connectivity index (χ0) is 10.0. The van der Waals surface area contributed by atoms with E-state index in [-0.39, 0.29) is 6.04 Å². The van der Waals surface area contributed by atoms with Gasteiger partial charge >= 0.3 is 0 Å². The molecule has 14 heavy (non-hydrogen) atoms. The molecule has 2 heterocycles. The number of ether oxygens (including phenoxy) is 1. The lowest BCUT2D eigenvalue weighted by molar-refractivity contribution is -0.122. The van der Waals surface area contributed by atoms with Gasteiger partial charge in [-0.15, -0.1) is 0 Å². The first kappa shape index (κ1) is 10.4. The number of aliphatic hydroxyl groups is 1. The van der Waals surface area contributed by atoms with Crippen molar-refractivity contribution in [3.8, 4) is 0 Å². The second-order valence-electron chi connectivity index (χ2n) is 4.79. The molecule has 2 aliphatic heterocycles. The van der Waals surface area contributed by atoms with Gasteiger partial charge in [-0.25, -0.2) is 0 Å². The van der Waals surface area contributed by atoms with E-state index in [1.54, 1.807) is 0 Å². The number of likely N-dealkylation sites (tertiary alicyclic amines) is 1. The summed E-state index contributed by atoms with van der Waals surface area (Å²) < 4.78 is 5.47. The molecule has 0 saturated carbocycles. The summed E-state index contributed by atoms with van der Waals surface area (Å²) in [6.45, 7) is 5.62. The minimum absolute atomic E-state index is 0.219. The summed E-state index contributed by atoms with van der Waals surface area (Å²) in [7, 11) is 0. The molecule has 2 rings (SSSR count). The van der Waals surface area contributed by atoms with Crippen molar-refractivity contribution in [2.45, 2.75) is 44.2 Å². The maximum Gasteiger partial charge on any atom is 0.0818 e. The number of piperidine rings is 1. The van der Waals surface area contributed by atoms with Gasteiger partial charge in [0.25, 0.3) is 0 Å². The Bertz CT molecular complexity index is 188. The maximum atomic E-state index is 10.3. The normalized spacial score (nSPS) is 41.1. The molecular weight excluding hydrogens is 178 g/mol. The maximum absolute atomic E-state index is 10.3. The number of rotatable bonds is 1. The first-order valence-corrected chi connectivity index (χ1v) is 5.74. The highest BCUT2D eigenvalue weighted by Crippen LogP contribution is 2.26. The quantitative estimate of drug-likeness (QED) is 0.684. The molecule has 0 radical (unpaired) electrons. The van der Waals surface area contributed by atoms with Crippen LogP contribution in [0.4, 0.5) is 0 Å². The van der Waals surface area contributed by atoms with Gasteiger partial charge in [0.05, 0.1) is 18.2 Å². The largest absolute Gasteiger partial charge is 0.388 e. The van der Waals surface area contributed by atoms with Crippen LogP contribution >= 0.6 is 0 Å². The summed E-state index contributed by atoms with van der Waals surface area (Å²) in [4.78, 5) is 2.41. The predicted octanol–water partition coefficient (Wildman–Crippen LogP) is 1.01. The lowest BCUT2D eigenvalue weighted by Gasteiger charge is -2.45. The first-order chi connectivity index (χ1) is 6.70. The summed E-state index contributed by atoms with van der Waals surface area (Å²) in [6.07, 6.45) is 4.65. The molecule has 82 valence electrons. The van der Waals surface area contributed by atoms with Crippen LogP contribution in [-0.2, 0) is 4.74 Å². The average Bonchev–Trinajstić information content (AvgIpc) is 2.18. The second-order valence-corrected chi connectivity index (χ2v) is 4.79. The van der Waals surface area contributed by atoms with Gasteiger partial charge in [0.1, 0.15) is 0 Å². The van der Waals surface area contributed by atoms with E-state index in [2.05, 4.69) is 4.90 Å². The molecule has 0 bridgehead atoms. The fourth-order valence-corrected chi connectivity index (χ4v) is 2.55. The average molecular weight is 199 g/mol. The SMILES string of the molecule is C[C@]1(O)CCOC[C@@H]1N1CCCCC1. The fraction of sp³-hybridized carbons (Fsp3) is 1.00. The molecule has 0 unspecified atom stereocenters. The van der Waals surface area contributed by atoms with Crippen LogP contribution in [0.2, 0.25) is 0 Å². The Hall–Kier alpha value is -0.120. The van der Waals surface area contributed by atoms with Gasteiger partial charge in [-0.1, -0.05) is 6.42 Å². The molecule has 0 spiro atoms. The van der Waals surface area contributed by atoms with Gasteiger partial charge < -0.3 is 9.84 Å². The van der Waals surface area contributed by atoms with E-state index >= 15 is 0 Å². The van der Waals surface area contributed by atoms with Gasteiger partial charge in [0.2, 0.25) is 0 Å². The summed E-state index contributed by atoms with van der Waals surface area (Å²) in [5.74, 6) is 0. The Morgan fingerprint density at radius 1 is 1.29 bits per heavy atom. The van der Waals surface area contributed by atoms with Gasteiger partial charge in [0, 0.05) is 13.0 Å². The van der Waals surface area contributed by atoms with Crippen LogP contribution in [0.15, 0.2) is 0 Å². The van der Waals surface area contributed by atoms with Crippen LogP contribution in [0, 0.1) is 0 Å². The van der Waals surface area contributed by atoms with Gasteiger partial charge in [-0.05, 0) is 32.9 Å². The van der Waals surface area contributed by atoms with E-state index in [1.807, 2.05) is 6.92 Å². The van der Waals surface area contributed by atoms with Crippen molar-refractivity contribution in [3.05, 3.63) is 0 Å². The number of hydrogen-bond acceptors (Lipinski definition) is 3. The van der Waals surface area contributed by atoms with E-state index in [0.29, 0.717) is 13.2 Å². The standard InChI is InChI=1S/C11H21NO2/c1-11(13)5-8-14-9-10(11)12-6-3-2-4-7-12/h10,13H,2-9H2,1H3/t10-,11-/m0/s1. The number of nitrogens with zero attached hydrogens (tertiary/aromatic N) is 1. The monoisotopic (exact) mass is 199 g/mol. The van der Waals surface area contributed by atoms with E-state index in [0.717, 1.165) is 19.5 Å². The molecule has 3 heteroatoms. The van der Waals surface area contributed by atoms with Crippen LogP contribution in [0.25, 0.3) is 0 Å². The minimum Gasteiger partial charge on any atom is -0.388 e. The minimum atomic E-state index is -0.546. The van der Waals surface area contributed by atoms with Crippen molar-refractivity contribution in [1.29, 1.82) is 0 Å². The van der Waals surface area contributed by atoms with Crippen molar-refractivity contribution in [1.82, 2.24) is 4.90 Å². The molecule has 0 aliphatic carbocycles. The summed E-state index contributed by atoms with van der Waals surface area (Å²) in [6, 6.07) is 0.219. The van der Waals surface area contributed by atoms with Crippen molar-refractivity contribution in [3.63, 3.8) is 0 Å². The predicted molar refractivity (Wildman–Crippen MR) is 55.3 cm³/mol. The molecule has 0 aromatic heterocycles. The smallest absolute Gasteiger partial charge is 0.0818 e. The van der Waals surface area contributed by atoms with Gasteiger partial charge in [-0.2, -0.15) is 0 Å². The van der Waals surface area contributed by atoms with Crippen molar-refractivity contribution in [2.24, 2.45) is 0 Å². The van der Waals surface area contributed by atoms with Gasteiger partial charge in [-0.3, -0.25) is 4.90 Å². The van der Waals surface area contributed by atoms with E-state index in [4.69, 9.17) is 4.74 Å². The summed E-state index contributed by atoms with van der Waals surface area (Å²) in [5, 5.41) is 10.3. The molecule has 2 atom stereocenters. The van der Waals surface area contributed by atoms with E-state index < -0.39 is 5.60 Å². The Balaban J connectivity index is 1.99. The summed E-state index contributed by atoms with van der Waals surface area (Å²) in [5.41, 5.74) is -0.546. The Kier molecular flexibility index (Phi) is 3.10. The third-order valence-electron chi connectivity index (χ3n) is 3.58. The highest BCUT2D eigenvalue weighted by atomic mass is 16.5. The molecule has 2 aliphatic rings. The van der Waals surface area contributed by atoms with Gasteiger partial charge in [0.15, 0.2) is 0 Å². The molecule has 2 fully saturated rings. The second kappa shape index (κ2) is 4.17. The highest BCUT2D eigenvalue weighted by Gasteiger charge is 2.39. The van der Waals surface area contributed by atoms with Crippen LogP contribution in [0.1, 0.15) is 32.6 Å².